The Balaban J connectivity index is 1.34. The van der Waals surface area contributed by atoms with Crippen molar-refractivity contribution >= 4 is 45.9 Å². The van der Waals surface area contributed by atoms with E-state index in [1.165, 1.54) is 16.7 Å². The quantitative estimate of drug-likeness (QED) is 0.299. The summed E-state index contributed by atoms with van der Waals surface area (Å²) in [7, 11) is 0. The first-order chi connectivity index (χ1) is 13.2. The zero-order chi connectivity index (χ0) is 18.9. The van der Waals surface area contributed by atoms with Gasteiger partial charge in [0.1, 0.15) is 13.1 Å². The number of quaternary nitrogens is 1. The summed E-state index contributed by atoms with van der Waals surface area (Å²) in [6.45, 7) is 5.42. The van der Waals surface area contributed by atoms with Gasteiger partial charge in [-0.2, -0.15) is 0 Å². The first kappa shape index (κ1) is 19.8. The second-order valence-corrected chi connectivity index (χ2v) is 7.59. The van der Waals surface area contributed by atoms with Crippen molar-refractivity contribution in [2.75, 3.05) is 45.1 Å². The zero-order valence-electron chi connectivity index (χ0n) is 15.0. The molecule has 0 unspecified atom stereocenters. The van der Waals surface area contributed by atoms with E-state index < -0.39 is 0 Å². The van der Waals surface area contributed by atoms with E-state index in [1.54, 1.807) is 6.20 Å². The van der Waals surface area contributed by atoms with E-state index in [4.69, 9.17) is 17.0 Å². The van der Waals surface area contributed by atoms with Crippen molar-refractivity contribution in [2.45, 2.75) is 4.90 Å². The summed E-state index contributed by atoms with van der Waals surface area (Å²) in [5.74, 6) is 0.138. The number of benzene rings is 1. The highest BCUT2D eigenvalue weighted by Crippen LogP contribution is 2.25. The van der Waals surface area contributed by atoms with E-state index in [0.717, 1.165) is 55.2 Å². The van der Waals surface area contributed by atoms with Crippen molar-refractivity contribution < 1.29 is 14.4 Å². The van der Waals surface area contributed by atoms with Crippen LogP contribution in [0.3, 0.4) is 0 Å². The van der Waals surface area contributed by atoms with Crippen LogP contribution in [0.2, 0.25) is 0 Å². The molecule has 1 fully saturated rings. The van der Waals surface area contributed by atoms with Crippen LogP contribution in [0, 0.1) is 0 Å². The van der Waals surface area contributed by atoms with Crippen LogP contribution in [0.5, 0.6) is 0 Å². The number of para-hydroxylation sites is 1. The average Bonchev–Trinajstić information content (AvgIpc) is 2.71. The molecule has 1 aromatic heterocycles. The number of thioether (sulfide) groups is 1. The largest absolute Gasteiger partial charge is 0.370 e. The molecule has 0 aliphatic carbocycles. The number of morpholine rings is 1. The Hall–Kier alpha value is -1.94. The number of carbonyl (C=O) groups excluding carboxylic acids is 1. The van der Waals surface area contributed by atoms with Crippen LogP contribution < -0.4 is 21.1 Å². The van der Waals surface area contributed by atoms with E-state index in [2.05, 4.69) is 21.2 Å². The van der Waals surface area contributed by atoms with Gasteiger partial charge in [-0.25, -0.2) is 0 Å². The van der Waals surface area contributed by atoms with E-state index in [0.29, 0.717) is 5.11 Å². The lowest BCUT2D eigenvalue weighted by atomic mass is 10.2. The molecule has 4 N–H and O–H groups in total. The number of amides is 1. The third-order valence-corrected chi connectivity index (χ3v) is 5.53. The zero-order valence-corrected chi connectivity index (χ0v) is 16.6. The molecular weight excluding hydrogens is 382 g/mol. The molecule has 27 heavy (non-hydrogen) atoms. The number of aromatic nitrogens is 1. The second kappa shape index (κ2) is 10.4. The minimum absolute atomic E-state index is 0.143. The van der Waals surface area contributed by atoms with Crippen molar-refractivity contribution in [3.05, 3.63) is 36.5 Å². The Labute approximate surface area is 168 Å². The normalized spacial score (nSPS) is 14.7. The Bertz CT molecular complexity index is 778. The summed E-state index contributed by atoms with van der Waals surface area (Å²) in [6.07, 6.45) is 1.76. The van der Waals surface area contributed by atoms with Gasteiger partial charge in [0.15, 0.2) is 5.11 Å². The summed E-state index contributed by atoms with van der Waals surface area (Å²) >= 11 is 6.65. The molecular formula is C18H24N5O2S2+. The second-order valence-electron chi connectivity index (χ2n) is 6.16. The number of nitrogens with one attached hydrogen (secondary N) is 4. The fourth-order valence-corrected chi connectivity index (χ4v) is 3.80. The predicted octanol–water partition coefficient (Wildman–Crippen LogP) is -0.263. The first-order valence-electron chi connectivity index (χ1n) is 8.93. The molecule has 1 amide bonds. The van der Waals surface area contributed by atoms with Crippen LogP contribution in [0.1, 0.15) is 0 Å². The molecule has 2 heterocycles. The minimum atomic E-state index is -0.143. The van der Waals surface area contributed by atoms with E-state index in [9.17, 15) is 4.79 Å². The molecule has 0 saturated carbocycles. The standard InChI is InChI=1S/C18H23N5O2S2/c24-16(13-27-15-5-1-3-14-4-2-6-19-17(14)15)21-22-18(26)20-7-8-23-9-11-25-12-10-23/h1-6H,7-13H2,(H,21,24)(H2,20,22,26)/p+1. The molecule has 0 bridgehead atoms. The Morgan fingerprint density at radius 3 is 2.89 bits per heavy atom. The van der Waals surface area contributed by atoms with Crippen molar-refractivity contribution in [1.29, 1.82) is 0 Å². The van der Waals surface area contributed by atoms with Crippen LogP contribution in [-0.4, -0.2) is 61.1 Å². The SMILES string of the molecule is O=C(CSc1cccc2cccnc12)NNC(=S)NCC[NH+]1CCOCC1. The average molecular weight is 407 g/mol. The number of ether oxygens (including phenoxy) is 1. The molecule has 1 saturated heterocycles. The molecule has 0 spiro atoms. The minimum Gasteiger partial charge on any atom is -0.370 e. The van der Waals surface area contributed by atoms with E-state index >= 15 is 0 Å². The van der Waals surface area contributed by atoms with Crippen molar-refractivity contribution in [3.8, 4) is 0 Å². The fourth-order valence-electron chi connectivity index (χ4n) is 2.81. The van der Waals surface area contributed by atoms with Crippen LogP contribution in [0.15, 0.2) is 41.4 Å². The van der Waals surface area contributed by atoms with Gasteiger partial charge in [-0.1, -0.05) is 18.2 Å². The molecule has 1 aromatic carbocycles. The van der Waals surface area contributed by atoms with Gasteiger partial charge in [-0.15, -0.1) is 11.8 Å². The molecule has 9 heteroatoms. The molecule has 0 radical (unpaired) electrons. The van der Waals surface area contributed by atoms with Gasteiger partial charge in [0, 0.05) is 16.5 Å². The number of pyridine rings is 1. The molecule has 7 nitrogen and oxygen atoms in total. The highest BCUT2D eigenvalue weighted by Gasteiger charge is 2.13. The Morgan fingerprint density at radius 1 is 1.22 bits per heavy atom. The summed E-state index contributed by atoms with van der Waals surface area (Å²) in [4.78, 5) is 18.9. The maximum Gasteiger partial charge on any atom is 0.248 e. The van der Waals surface area contributed by atoms with Gasteiger partial charge in [-0.05, 0) is 24.4 Å². The number of thiocarbonyl (C=S) groups is 1. The molecule has 144 valence electrons. The molecule has 2 aromatic rings. The fraction of sp³-hybridized carbons (Fsp3) is 0.389. The Kier molecular flexibility index (Phi) is 7.64. The van der Waals surface area contributed by atoms with Gasteiger partial charge in [0.25, 0.3) is 0 Å². The van der Waals surface area contributed by atoms with E-state index in [-0.39, 0.29) is 11.7 Å². The summed E-state index contributed by atoms with van der Waals surface area (Å²) in [5.41, 5.74) is 6.29. The maximum atomic E-state index is 12.1. The number of carbonyl (C=O) groups is 1. The molecule has 3 rings (SSSR count). The lowest BCUT2D eigenvalue weighted by Gasteiger charge is -2.24. The monoisotopic (exact) mass is 406 g/mol. The number of rotatable bonds is 6. The van der Waals surface area contributed by atoms with Crippen molar-refractivity contribution in [3.63, 3.8) is 0 Å². The summed E-state index contributed by atoms with van der Waals surface area (Å²) in [6, 6.07) is 9.87. The third kappa shape index (κ3) is 6.31. The van der Waals surface area contributed by atoms with Gasteiger partial charge in [0.05, 0.1) is 37.6 Å². The highest BCUT2D eigenvalue weighted by atomic mass is 32.2. The lowest BCUT2D eigenvalue weighted by molar-refractivity contribution is -0.906. The topological polar surface area (TPSA) is 79.7 Å². The van der Waals surface area contributed by atoms with Gasteiger partial charge >= 0.3 is 0 Å². The number of fused-ring (bicyclic) bond motifs is 1. The van der Waals surface area contributed by atoms with Crippen LogP contribution in [-0.2, 0) is 9.53 Å². The number of nitrogens with zero attached hydrogens (tertiary/aromatic N) is 1. The van der Waals surface area contributed by atoms with Gasteiger partial charge < -0.3 is 15.0 Å². The summed E-state index contributed by atoms with van der Waals surface area (Å²) < 4.78 is 5.34. The van der Waals surface area contributed by atoms with E-state index in [1.807, 2.05) is 30.3 Å². The Morgan fingerprint density at radius 2 is 2.04 bits per heavy atom. The number of hydrogen-bond acceptors (Lipinski definition) is 5. The van der Waals surface area contributed by atoms with Crippen LogP contribution in [0.25, 0.3) is 10.9 Å². The summed E-state index contributed by atoms with van der Waals surface area (Å²) in [5, 5.41) is 4.60. The smallest absolute Gasteiger partial charge is 0.248 e. The number of hydrogen-bond donors (Lipinski definition) is 4. The van der Waals surface area contributed by atoms with Gasteiger partial charge in [0.2, 0.25) is 5.91 Å². The lowest BCUT2D eigenvalue weighted by Crippen LogP contribution is -3.14. The first-order valence-corrected chi connectivity index (χ1v) is 10.3. The third-order valence-electron chi connectivity index (χ3n) is 4.23. The molecule has 1 aliphatic rings. The van der Waals surface area contributed by atoms with Crippen molar-refractivity contribution in [1.82, 2.24) is 21.2 Å². The maximum absolute atomic E-state index is 12.1. The van der Waals surface area contributed by atoms with Gasteiger partial charge in [-0.3, -0.25) is 20.6 Å². The molecule has 0 atom stereocenters. The highest BCUT2D eigenvalue weighted by molar-refractivity contribution is 8.00. The molecule has 1 aliphatic heterocycles. The van der Waals surface area contributed by atoms with Crippen molar-refractivity contribution in [2.24, 2.45) is 0 Å². The predicted molar refractivity (Wildman–Crippen MR) is 111 cm³/mol. The van der Waals surface area contributed by atoms with Crippen LogP contribution in [0.4, 0.5) is 0 Å². The van der Waals surface area contributed by atoms with Crippen LogP contribution >= 0.6 is 24.0 Å². The number of hydrazine groups is 1.